The molecule has 4 rings (SSSR count). The molecule has 0 aromatic carbocycles. The second-order valence-electron chi connectivity index (χ2n) is 6.35. The highest BCUT2D eigenvalue weighted by Crippen LogP contribution is 2.32. The van der Waals surface area contributed by atoms with Crippen LogP contribution in [-0.4, -0.2) is 39.4 Å². The maximum atomic E-state index is 5.95. The monoisotopic (exact) mass is 333 g/mol. The van der Waals surface area contributed by atoms with E-state index in [-0.39, 0.29) is 6.10 Å². The number of hydrogen-bond acceptors (Lipinski definition) is 6. The molecule has 1 saturated carbocycles. The predicted octanol–water partition coefficient (Wildman–Crippen LogP) is 2.88. The first kappa shape index (κ1) is 15.2. The van der Waals surface area contributed by atoms with Crippen LogP contribution in [0.2, 0.25) is 0 Å². The average molecular weight is 333 g/mol. The van der Waals surface area contributed by atoms with Gasteiger partial charge in [-0.3, -0.25) is 0 Å². The van der Waals surface area contributed by atoms with Crippen LogP contribution in [0.25, 0.3) is 11.5 Å². The largest absolute Gasteiger partial charge is 0.368 e. The number of thiazole rings is 1. The Morgan fingerprint density at radius 1 is 1.26 bits per heavy atom. The van der Waals surface area contributed by atoms with Gasteiger partial charge in [-0.1, -0.05) is 19.3 Å². The van der Waals surface area contributed by atoms with E-state index >= 15 is 0 Å². The van der Waals surface area contributed by atoms with Crippen molar-refractivity contribution in [1.82, 2.24) is 25.1 Å². The molecule has 0 amide bonds. The summed E-state index contributed by atoms with van der Waals surface area (Å²) < 4.78 is 8.09. The van der Waals surface area contributed by atoms with Crippen molar-refractivity contribution in [3.8, 4) is 11.5 Å². The summed E-state index contributed by atoms with van der Waals surface area (Å²) in [7, 11) is 0. The molecule has 2 fully saturated rings. The van der Waals surface area contributed by atoms with Crippen molar-refractivity contribution in [2.75, 3.05) is 19.7 Å². The van der Waals surface area contributed by atoms with Gasteiger partial charge in [-0.05, 0) is 19.8 Å². The van der Waals surface area contributed by atoms with E-state index in [0.29, 0.717) is 6.04 Å². The quantitative estimate of drug-likeness (QED) is 0.935. The third-order valence-corrected chi connectivity index (χ3v) is 5.42. The van der Waals surface area contributed by atoms with Crippen molar-refractivity contribution in [2.24, 2.45) is 0 Å². The van der Waals surface area contributed by atoms with E-state index < -0.39 is 0 Å². The molecular weight excluding hydrogens is 310 g/mol. The van der Waals surface area contributed by atoms with E-state index in [4.69, 9.17) is 14.8 Å². The average Bonchev–Trinajstić information content (AvgIpc) is 3.23. The van der Waals surface area contributed by atoms with Crippen LogP contribution in [0.1, 0.15) is 55.1 Å². The molecule has 2 aromatic heterocycles. The Balaban J connectivity index is 1.70. The number of aromatic nitrogens is 4. The maximum absolute atomic E-state index is 5.95. The topological polar surface area (TPSA) is 64.9 Å². The molecule has 0 spiro atoms. The second kappa shape index (κ2) is 6.67. The summed E-state index contributed by atoms with van der Waals surface area (Å²) in [5.41, 5.74) is 0.882. The van der Waals surface area contributed by atoms with Gasteiger partial charge in [0.2, 0.25) is 5.82 Å². The highest BCUT2D eigenvalue weighted by molar-refractivity contribution is 7.09. The normalized spacial score (nSPS) is 23.3. The lowest BCUT2D eigenvalue weighted by Gasteiger charge is -2.27. The summed E-state index contributed by atoms with van der Waals surface area (Å²) in [5.74, 6) is 1.70. The summed E-state index contributed by atoms with van der Waals surface area (Å²) in [6, 6.07) is 0.449. The molecule has 1 N–H and O–H groups in total. The standard InChI is InChI=1S/C16H23N5OS/c1-11-18-13(10-23-11)15-19-16(14-9-17-7-8-22-14)21(20-15)12-5-3-2-4-6-12/h10,12,14,17H,2-9H2,1H3/t14-/m1/s1. The first-order valence-corrected chi connectivity index (χ1v) is 9.40. The molecule has 2 aliphatic rings. The summed E-state index contributed by atoms with van der Waals surface area (Å²) >= 11 is 1.64. The van der Waals surface area contributed by atoms with Gasteiger partial charge in [0.05, 0.1) is 17.7 Å². The Morgan fingerprint density at radius 2 is 2.13 bits per heavy atom. The van der Waals surface area contributed by atoms with Gasteiger partial charge >= 0.3 is 0 Å². The van der Waals surface area contributed by atoms with Gasteiger partial charge in [-0.25, -0.2) is 14.6 Å². The number of aryl methyl sites for hydroxylation is 1. The summed E-state index contributed by atoms with van der Waals surface area (Å²) in [6.07, 6.45) is 6.25. The SMILES string of the molecule is Cc1nc(-c2nc([C@H]3CNCCO3)n(C3CCCCC3)n2)cs1. The fourth-order valence-electron chi connectivity index (χ4n) is 3.46. The summed E-state index contributed by atoms with van der Waals surface area (Å²) in [4.78, 5) is 9.37. The van der Waals surface area contributed by atoms with E-state index in [1.807, 2.05) is 12.3 Å². The molecule has 0 radical (unpaired) electrons. The van der Waals surface area contributed by atoms with Gasteiger partial charge in [-0.15, -0.1) is 16.4 Å². The van der Waals surface area contributed by atoms with Crippen LogP contribution in [0.5, 0.6) is 0 Å². The Kier molecular flexibility index (Phi) is 4.41. The Morgan fingerprint density at radius 3 is 2.83 bits per heavy atom. The van der Waals surface area contributed by atoms with Crippen LogP contribution >= 0.6 is 11.3 Å². The number of nitrogens with one attached hydrogen (secondary N) is 1. The first-order valence-electron chi connectivity index (χ1n) is 8.52. The van der Waals surface area contributed by atoms with Gasteiger partial charge in [0.15, 0.2) is 5.82 Å². The van der Waals surface area contributed by atoms with Crippen molar-refractivity contribution >= 4 is 11.3 Å². The molecule has 1 aliphatic carbocycles. The molecule has 2 aromatic rings. The molecule has 1 aliphatic heterocycles. The number of rotatable bonds is 3. The van der Waals surface area contributed by atoms with Crippen LogP contribution in [0, 0.1) is 6.92 Å². The molecule has 0 unspecified atom stereocenters. The van der Waals surface area contributed by atoms with E-state index in [2.05, 4.69) is 15.0 Å². The lowest BCUT2D eigenvalue weighted by atomic mass is 9.95. The van der Waals surface area contributed by atoms with Gasteiger partial charge in [0.1, 0.15) is 11.8 Å². The second-order valence-corrected chi connectivity index (χ2v) is 7.41. The lowest BCUT2D eigenvalue weighted by molar-refractivity contribution is 0.0176. The summed E-state index contributed by atoms with van der Waals surface area (Å²) in [6.45, 7) is 4.46. The number of ether oxygens (including phenoxy) is 1. The number of morpholine rings is 1. The fourth-order valence-corrected chi connectivity index (χ4v) is 4.05. The van der Waals surface area contributed by atoms with E-state index in [1.54, 1.807) is 11.3 Å². The molecule has 124 valence electrons. The molecule has 1 saturated heterocycles. The zero-order chi connectivity index (χ0) is 15.6. The third kappa shape index (κ3) is 3.18. The zero-order valence-electron chi connectivity index (χ0n) is 13.5. The van der Waals surface area contributed by atoms with Crippen LogP contribution < -0.4 is 5.32 Å². The van der Waals surface area contributed by atoms with Crippen LogP contribution in [0.3, 0.4) is 0 Å². The van der Waals surface area contributed by atoms with Crippen LogP contribution in [0.4, 0.5) is 0 Å². The Labute approximate surface area is 140 Å². The minimum absolute atomic E-state index is 0.00772. The molecule has 1 atom stereocenters. The summed E-state index contributed by atoms with van der Waals surface area (Å²) in [5, 5.41) is 11.3. The van der Waals surface area contributed by atoms with Crippen LogP contribution in [0.15, 0.2) is 5.38 Å². The molecule has 23 heavy (non-hydrogen) atoms. The molecule has 7 heteroatoms. The van der Waals surface area contributed by atoms with Gasteiger partial charge in [-0.2, -0.15) is 0 Å². The molecule has 6 nitrogen and oxygen atoms in total. The zero-order valence-corrected chi connectivity index (χ0v) is 14.3. The number of nitrogens with zero attached hydrogens (tertiary/aromatic N) is 4. The predicted molar refractivity (Wildman–Crippen MR) is 89.6 cm³/mol. The Hall–Kier alpha value is -1.31. The van der Waals surface area contributed by atoms with E-state index in [0.717, 1.165) is 42.0 Å². The van der Waals surface area contributed by atoms with Crippen molar-refractivity contribution in [2.45, 2.75) is 51.2 Å². The molecule has 3 heterocycles. The van der Waals surface area contributed by atoms with Crippen molar-refractivity contribution in [1.29, 1.82) is 0 Å². The first-order chi connectivity index (χ1) is 11.3. The highest BCUT2D eigenvalue weighted by atomic mass is 32.1. The van der Waals surface area contributed by atoms with Gasteiger partial charge in [0, 0.05) is 18.5 Å². The molecule has 0 bridgehead atoms. The number of hydrogen-bond donors (Lipinski definition) is 1. The highest BCUT2D eigenvalue weighted by Gasteiger charge is 2.28. The van der Waals surface area contributed by atoms with Crippen LogP contribution in [-0.2, 0) is 4.74 Å². The van der Waals surface area contributed by atoms with Crippen molar-refractivity contribution < 1.29 is 4.74 Å². The van der Waals surface area contributed by atoms with E-state index in [9.17, 15) is 0 Å². The van der Waals surface area contributed by atoms with Crippen molar-refractivity contribution in [3.05, 3.63) is 16.2 Å². The minimum Gasteiger partial charge on any atom is -0.368 e. The minimum atomic E-state index is -0.00772. The maximum Gasteiger partial charge on any atom is 0.201 e. The lowest BCUT2D eigenvalue weighted by Crippen LogP contribution is -2.35. The van der Waals surface area contributed by atoms with Gasteiger partial charge < -0.3 is 10.1 Å². The van der Waals surface area contributed by atoms with E-state index in [1.165, 1.54) is 32.1 Å². The fraction of sp³-hybridized carbons (Fsp3) is 0.688. The van der Waals surface area contributed by atoms with Crippen molar-refractivity contribution in [3.63, 3.8) is 0 Å². The third-order valence-electron chi connectivity index (χ3n) is 4.64. The smallest absolute Gasteiger partial charge is 0.201 e. The molecular formula is C16H23N5OS. The van der Waals surface area contributed by atoms with Gasteiger partial charge in [0.25, 0.3) is 0 Å². The Bertz CT molecular complexity index is 620.